The van der Waals surface area contributed by atoms with Gasteiger partial charge in [-0.2, -0.15) is 8.78 Å². The maximum absolute atomic E-state index is 14.2. The quantitative estimate of drug-likeness (QED) is 0.0675. The van der Waals surface area contributed by atoms with Crippen molar-refractivity contribution < 1.29 is 41.5 Å². The molecule has 16 heteroatoms. The van der Waals surface area contributed by atoms with Crippen LogP contribution in [0.4, 0.5) is 39.4 Å². The molecule has 5 N–H and O–H groups in total. The van der Waals surface area contributed by atoms with E-state index in [0.29, 0.717) is 66.9 Å². The highest BCUT2D eigenvalue weighted by molar-refractivity contribution is 6.13. The second-order valence-corrected chi connectivity index (χ2v) is 14.0. The van der Waals surface area contributed by atoms with Crippen molar-refractivity contribution in [1.82, 2.24) is 15.0 Å². The van der Waals surface area contributed by atoms with E-state index in [1.54, 1.807) is 28.0 Å². The van der Waals surface area contributed by atoms with Gasteiger partial charge in [0, 0.05) is 75.5 Å². The van der Waals surface area contributed by atoms with Crippen LogP contribution in [0, 0.1) is 23.3 Å². The highest BCUT2D eigenvalue weighted by Gasteiger charge is 2.33. The van der Waals surface area contributed by atoms with Gasteiger partial charge in [-0.3, -0.25) is 14.5 Å². The van der Waals surface area contributed by atoms with Crippen LogP contribution in [-0.4, -0.2) is 58.4 Å². The summed E-state index contributed by atoms with van der Waals surface area (Å²) in [5, 5.41) is 2.24. The molecule has 0 atom stereocenters. The number of ether oxygens (including phenoxy) is 1. The summed E-state index contributed by atoms with van der Waals surface area (Å²) in [6.45, 7) is 1.24. The summed E-state index contributed by atoms with van der Waals surface area (Å²) in [6, 6.07) is 15.2. The summed E-state index contributed by atoms with van der Waals surface area (Å²) in [7, 11) is 0. The number of primary amides is 1. The number of halogens is 4. The molecule has 0 aliphatic carbocycles. The first-order chi connectivity index (χ1) is 27.0. The molecule has 3 aromatic heterocycles. The molecule has 0 unspecified atom stereocenters. The van der Waals surface area contributed by atoms with E-state index in [2.05, 4.69) is 15.0 Å². The molecule has 3 aliphatic heterocycles. The van der Waals surface area contributed by atoms with Crippen LogP contribution >= 0.6 is 0 Å². The number of benzene rings is 4. The van der Waals surface area contributed by atoms with Crippen molar-refractivity contribution in [2.75, 3.05) is 34.3 Å². The van der Waals surface area contributed by atoms with E-state index in [1.807, 2.05) is 30.3 Å². The average Bonchev–Trinajstić information content (AvgIpc) is 4.03. The van der Waals surface area contributed by atoms with Gasteiger partial charge in [0.1, 0.15) is 17.1 Å². The Morgan fingerprint density at radius 3 is 1.39 bits per heavy atom. The Balaban J connectivity index is 0.906. The summed E-state index contributed by atoms with van der Waals surface area (Å²) < 4.78 is 60.4. The predicted octanol–water partition coefficient (Wildman–Crippen LogP) is 6.75. The van der Waals surface area contributed by atoms with E-state index in [1.165, 1.54) is 11.0 Å². The number of hydrogen-bond donors (Lipinski definition) is 4. The van der Waals surface area contributed by atoms with Gasteiger partial charge >= 0.3 is 12.0 Å². The number of fused-ring (bicyclic) bond motifs is 9. The Morgan fingerprint density at radius 1 is 0.554 bits per heavy atom. The summed E-state index contributed by atoms with van der Waals surface area (Å²) in [6.07, 6.45) is 1.63. The Morgan fingerprint density at radius 2 is 0.946 bits per heavy atom. The Hall–Kier alpha value is -7.10. The zero-order valence-corrected chi connectivity index (χ0v) is 29.0. The number of nitrogens with two attached hydrogens (primary N) is 1. The number of urea groups is 1. The lowest BCUT2D eigenvalue weighted by molar-refractivity contribution is 0.0711. The molecule has 7 aromatic rings. The number of aromatic amines is 3. The molecule has 10 rings (SSSR count). The van der Waals surface area contributed by atoms with Crippen molar-refractivity contribution in [1.29, 1.82) is 0 Å². The molecule has 6 heterocycles. The fraction of sp³-hybridized carbons (Fsp3) is 0.150. The van der Waals surface area contributed by atoms with Gasteiger partial charge in [-0.25, -0.2) is 18.4 Å². The zero-order chi connectivity index (χ0) is 38.7. The van der Waals surface area contributed by atoms with E-state index < -0.39 is 41.0 Å². The standard InChI is InChI=1S/C40H27F4N7O5/c41-23-16-24(42)35(44)36(34(23)43)56-39(54)30-15-22-18-8-11-50(32(18)5-2-27(22)48-30)37(52)28-13-20-17-7-10-49(31(17)4-1-25(20)46-28)38(53)29-14-21-19-9-12-51(40(45)55)33(19)6-3-26(21)47-29/h1-6,13-16,46-48H,7-12H2,(H2,45,55). The summed E-state index contributed by atoms with van der Waals surface area (Å²) in [5.41, 5.74) is 12.8. The van der Waals surface area contributed by atoms with Gasteiger partial charge < -0.3 is 35.2 Å². The molecule has 0 bridgehead atoms. The van der Waals surface area contributed by atoms with Gasteiger partial charge in [-0.15, -0.1) is 0 Å². The van der Waals surface area contributed by atoms with Crippen LogP contribution in [0.1, 0.15) is 48.2 Å². The van der Waals surface area contributed by atoms with Crippen LogP contribution in [0.3, 0.4) is 0 Å². The van der Waals surface area contributed by atoms with Crippen LogP contribution in [0.5, 0.6) is 5.75 Å². The van der Waals surface area contributed by atoms with Crippen LogP contribution in [0.2, 0.25) is 0 Å². The summed E-state index contributed by atoms with van der Waals surface area (Å²) in [5.74, 6) is -10.4. The largest absolute Gasteiger partial charge is 0.415 e. The van der Waals surface area contributed by atoms with E-state index in [-0.39, 0.29) is 23.6 Å². The monoisotopic (exact) mass is 761 g/mol. The number of nitrogens with one attached hydrogen (secondary N) is 3. The minimum atomic E-state index is -1.84. The maximum Gasteiger partial charge on any atom is 0.360 e. The molecule has 56 heavy (non-hydrogen) atoms. The number of nitrogens with zero attached hydrogens (tertiary/aromatic N) is 3. The highest BCUT2D eigenvalue weighted by Crippen LogP contribution is 2.40. The molecule has 12 nitrogen and oxygen atoms in total. The summed E-state index contributed by atoms with van der Waals surface area (Å²) in [4.78, 5) is 66.8. The van der Waals surface area contributed by atoms with Crippen LogP contribution in [0.25, 0.3) is 32.7 Å². The SMILES string of the molecule is NC(=O)N1CCc2c1ccc1[nH]c(C(=O)N3CCc4c3ccc3[nH]c(C(=O)N5CCc6c5ccc5[nH]c(C(=O)Oc7c(F)c(F)cc(F)c7F)cc65)cc43)cc21. The molecule has 4 aromatic carbocycles. The fourth-order valence-corrected chi connectivity index (χ4v) is 8.41. The Labute approximate surface area is 312 Å². The molecule has 0 radical (unpaired) electrons. The molecule has 0 spiro atoms. The number of amides is 4. The fourth-order valence-electron chi connectivity index (χ4n) is 8.41. The van der Waals surface area contributed by atoms with E-state index >= 15 is 0 Å². The number of H-pyrrole nitrogens is 3. The first-order valence-corrected chi connectivity index (χ1v) is 17.7. The van der Waals surface area contributed by atoms with Gasteiger partial charge in [-0.05, 0) is 90.6 Å². The van der Waals surface area contributed by atoms with Crippen molar-refractivity contribution in [2.24, 2.45) is 5.73 Å². The Kier molecular flexibility index (Phi) is 7.14. The normalized spacial score (nSPS) is 14.6. The number of carbonyl (C=O) groups is 4. The van der Waals surface area contributed by atoms with Crippen molar-refractivity contribution in [2.45, 2.75) is 19.3 Å². The van der Waals surface area contributed by atoms with Crippen molar-refractivity contribution in [3.8, 4) is 5.75 Å². The van der Waals surface area contributed by atoms with Gasteiger partial charge in [-0.1, -0.05) is 0 Å². The first-order valence-electron chi connectivity index (χ1n) is 17.7. The van der Waals surface area contributed by atoms with Gasteiger partial charge in [0.2, 0.25) is 17.4 Å². The second-order valence-electron chi connectivity index (χ2n) is 14.0. The third kappa shape index (κ3) is 4.84. The van der Waals surface area contributed by atoms with Crippen molar-refractivity contribution in [3.63, 3.8) is 0 Å². The minimum Gasteiger partial charge on any atom is -0.415 e. The highest BCUT2D eigenvalue weighted by atomic mass is 19.2. The lowest BCUT2D eigenvalue weighted by Gasteiger charge is -2.16. The first kappa shape index (κ1) is 33.5. The molecule has 4 amide bonds. The maximum atomic E-state index is 14.2. The number of carbonyl (C=O) groups excluding carboxylic acids is 4. The molecule has 0 saturated carbocycles. The lowest BCUT2D eigenvalue weighted by atomic mass is 10.1. The number of anilines is 3. The Bertz CT molecular complexity index is 2910. The summed E-state index contributed by atoms with van der Waals surface area (Å²) >= 11 is 0. The van der Waals surface area contributed by atoms with Crippen LogP contribution in [-0.2, 0) is 19.3 Å². The average molecular weight is 762 g/mol. The molecular formula is C40H27F4N7O5. The smallest absolute Gasteiger partial charge is 0.360 e. The molecule has 0 saturated heterocycles. The van der Waals surface area contributed by atoms with E-state index in [9.17, 15) is 36.7 Å². The second kappa shape index (κ2) is 11.9. The number of aromatic nitrogens is 3. The van der Waals surface area contributed by atoms with E-state index in [0.717, 1.165) is 49.9 Å². The van der Waals surface area contributed by atoms with Gasteiger partial charge in [0.15, 0.2) is 11.6 Å². The number of esters is 1. The zero-order valence-electron chi connectivity index (χ0n) is 29.0. The van der Waals surface area contributed by atoms with Crippen molar-refractivity contribution >= 4 is 73.6 Å². The molecular weight excluding hydrogens is 734 g/mol. The molecule has 280 valence electrons. The number of hydrogen-bond acceptors (Lipinski definition) is 5. The predicted molar refractivity (Wildman–Crippen MR) is 198 cm³/mol. The van der Waals surface area contributed by atoms with Crippen LogP contribution in [0.15, 0.2) is 60.7 Å². The minimum absolute atomic E-state index is 0.0147. The topological polar surface area (TPSA) is 161 Å². The molecule has 0 fully saturated rings. The van der Waals surface area contributed by atoms with E-state index in [4.69, 9.17) is 10.5 Å². The van der Waals surface area contributed by atoms with Crippen LogP contribution < -0.4 is 25.2 Å². The van der Waals surface area contributed by atoms with Gasteiger partial charge in [0.05, 0.1) is 0 Å². The third-order valence-electron chi connectivity index (χ3n) is 11.0. The van der Waals surface area contributed by atoms with Gasteiger partial charge in [0.25, 0.3) is 11.8 Å². The van der Waals surface area contributed by atoms with Crippen molar-refractivity contribution in [3.05, 3.63) is 118 Å². The third-order valence-corrected chi connectivity index (χ3v) is 11.0. The lowest BCUT2D eigenvalue weighted by Crippen LogP contribution is -2.33. The number of rotatable bonds is 4. The molecule has 3 aliphatic rings.